The van der Waals surface area contributed by atoms with Gasteiger partial charge in [-0.15, -0.1) is 0 Å². The number of alkyl halides is 2. The fourth-order valence-corrected chi connectivity index (χ4v) is 1.63. The van der Waals surface area contributed by atoms with Crippen molar-refractivity contribution in [2.45, 2.75) is 6.43 Å². The van der Waals surface area contributed by atoms with E-state index in [1.807, 2.05) is 0 Å². The minimum atomic E-state index is -2.74. The minimum Gasteiger partial charge on any atom is -0.496 e. The summed E-state index contributed by atoms with van der Waals surface area (Å²) in [6.45, 7) is 0. The Hall–Kier alpha value is -1.24. The lowest BCUT2D eigenvalue weighted by Gasteiger charge is -2.10. The molecule has 0 unspecified atom stereocenters. The van der Waals surface area contributed by atoms with Gasteiger partial charge in [0.25, 0.3) is 6.43 Å². The Bertz CT molecular complexity index is 412. The predicted octanol–water partition coefficient (Wildman–Crippen LogP) is 2.58. The molecular formula is C9H8BrF2NO3. The number of hydrogen-bond donors (Lipinski definition) is 0. The average molecular weight is 296 g/mol. The first-order chi connectivity index (χ1) is 7.51. The van der Waals surface area contributed by atoms with Crippen molar-refractivity contribution in [1.29, 1.82) is 0 Å². The summed E-state index contributed by atoms with van der Waals surface area (Å²) in [5.74, 6) is -0.721. The van der Waals surface area contributed by atoms with Crippen molar-refractivity contribution in [1.82, 2.24) is 4.98 Å². The van der Waals surface area contributed by atoms with Crippen LogP contribution in [0.3, 0.4) is 0 Å². The third-order valence-electron chi connectivity index (χ3n) is 1.79. The largest absolute Gasteiger partial charge is 0.496 e. The van der Waals surface area contributed by atoms with E-state index >= 15 is 0 Å². The van der Waals surface area contributed by atoms with Gasteiger partial charge in [-0.05, 0) is 15.9 Å². The fraction of sp³-hybridized carbons (Fsp3) is 0.333. The number of nitrogens with zero attached hydrogens (tertiary/aromatic N) is 1. The highest BCUT2D eigenvalue weighted by molar-refractivity contribution is 9.10. The summed E-state index contributed by atoms with van der Waals surface area (Å²) in [5.41, 5.74) is -0.495. The molecule has 0 radical (unpaired) electrons. The number of methoxy groups -OCH3 is 2. The maximum atomic E-state index is 12.4. The molecule has 0 spiro atoms. The Balaban J connectivity index is 3.34. The summed E-state index contributed by atoms with van der Waals surface area (Å²) in [6.07, 6.45) is -2.74. The zero-order valence-corrected chi connectivity index (χ0v) is 10.0. The molecule has 1 aromatic heterocycles. The van der Waals surface area contributed by atoms with Gasteiger partial charge in [-0.25, -0.2) is 18.6 Å². The highest BCUT2D eigenvalue weighted by Gasteiger charge is 2.22. The molecular weight excluding hydrogens is 288 g/mol. The number of halogens is 3. The Morgan fingerprint density at radius 1 is 1.50 bits per heavy atom. The van der Waals surface area contributed by atoms with Crippen LogP contribution in [0.15, 0.2) is 10.7 Å². The van der Waals surface area contributed by atoms with Gasteiger partial charge in [0.15, 0.2) is 0 Å². The Morgan fingerprint density at radius 3 is 2.56 bits per heavy atom. The molecule has 0 aromatic carbocycles. The molecule has 1 heterocycles. The van der Waals surface area contributed by atoms with Gasteiger partial charge in [0.2, 0.25) is 0 Å². The number of carbonyl (C=O) groups excluding carboxylic acids is 1. The second-order valence-corrected chi connectivity index (χ2v) is 3.46. The molecule has 0 bridgehead atoms. The molecule has 88 valence electrons. The molecule has 16 heavy (non-hydrogen) atoms. The second-order valence-electron chi connectivity index (χ2n) is 2.71. The predicted molar refractivity (Wildman–Crippen MR) is 54.8 cm³/mol. The van der Waals surface area contributed by atoms with E-state index < -0.39 is 18.1 Å². The molecule has 4 nitrogen and oxygen atoms in total. The van der Waals surface area contributed by atoms with Crippen LogP contribution in [0.4, 0.5) is 8.78 Å². The summed E-state index contributed by atoms with van der Waals surface area (Å²) < 4.78 is 34.1. The van der Waals surface area contributed by atoms with Gasteiger partial charge in [0, 0.05) is 6.07 Å². The van der Waals surface area contributed by atoms with Crippen LogP contribution in [0, 0.1) is 0 Å². The molecule has 0 fully saturated rings. The molecule has 0 saturated heterocycles. The third-order valence-corrected chi connectivity index (χ3v) is 2.37. The number of ether oxygens (including phenoxy) is 2. The van der Waals surface area contributed by atoms with Gasteiger partial charge in [-0.3, -0.25) is 0 Å². The lowest BCUT2D eigenvalue weighted by Crippen LogP contribution is -2.08. The van der Waals surface area contributed by atoms with Crippen LogP contribution < -0.4 is 4.74 Å². The van der Waals surface area contributed by atoms with E-state index in [1.165, 1.54) is 14.2 Å². The molecule has 7 heteroatoms. The number of hydrogen-bond acceptors (Lipinski definition) is 4. The Labute approximate surface area is 98.7 Å². The van der Waals surface area contributed by atoms with E-state index in [4.69, 9.17) is 4.74 Å². The van der Waals surface area contributed by atoms with Crippen molar-refractivity contribution < 1.29 is 23.0 Å². The molecule has 0 aliphatic heterocycles. The van der Waals surface area contributed by atoms with Crippen molar-refractivity contribution in [3.05, 3.63) is 21.9 Å². The average Bonchev–Trinajstić information content (AvgIpc) is 2.26. The first-order valence-electron chi connectivity index (χ1n) is 4.12. The highest BCUT2D eigenvalue weighted by Crippen LogP contribution is 2.30. The van der Waals surface area contributed by atoms with Crippen LogP contribution in [0.5, 0.6) is 5.75 Å². The standard InChI is InChI=1S/C9H8BrF2NO3/c1-15-5-3-4(8(11)12)13-7(10)6(5)9(14)16-2/h3,8H,1-2H3. The maximum absolute atomic E-state index is 12.4. The zero-order chi connectivity index (χ0) is 12.3. The minimum absolute atomic E-state index is 0.0102. The van der Waals surface area contributed by atoms with E-state index in [1.54, 1.807) is 0 Å². The molecule has 0 amide bonds. The van der Waals surface area contributed by atoms with Crippen molar-refractivity contribution in [3.8, 4) is 5.75 Å². The van der Waals surface area contributed by atoms with E-state index in [2.05, 4.69) is 25.7 Å². The molecule has 0 aliphatic rings. The van der Waals surface area contributed by atoms with Gasteiger partial charge >= 0.3 is 5.97 Å². The lowest BCUT2D eigenvalue weighted by molar-refractivity contribution is 0.0594. The monoisotopic (exact) mass is 295 g/mol. The molecule has 0 N–H and O–H groups in total. The number of carbonyl (C=O) groups is 1. The number of pyridine rings is 1. The molecule has 1 aromatic rings. The van der Waals surface area contributed by atoms with Gasteiger partial charge in [0.1, 0.15) is 21.6 Å². The normalized spacial score (nSPS) is 10.4. The zero-order valence-electron chi connectivity index (χ0n) is 8.46. The van der Waals surface area contributed by atoms with Crippen molar-refractivity contribution in [2.24, 2.45) is 0 Å². The summed E-state index contributed by atoms with van der Waals surface area (Å²) in [4.78, 5) is 14.9. The van der Waals surface area contributed by atoms with Crippen LogP contribution in [0.25, 0.3) is 0 Å². The summed E-state index contributed by atoms with van der Waals surface area (Å²) in [5, 5.41) is 0. The second kappa shape index (κ2) is 5.20. The Kier molecular flexibility index (Phi) is 4.17. The first-order valence-corrected chi connectivity index (χ1v) is 4.91. The van der Waals surface area contributed by atoms with Crippen LogP contribution in [-0.2, 0) is 4.74 Å². The van der Waals surface area contributed by atoms with Crippen LogP contribution in [-0.4, -0.2) is 25.2 Å². The molecule has 0 saturated carbocycles. The number of rotatable bonds is 3. The van der Waals surface area contributed by atoms with Gasteiger partial charge in [-0.1, -0.05) is 0 Å². The maximum Gasteiger partial charge on any atom is 0.344 e. The molecule has 0 aliphatic carbocycles. The quantitative estimate of drug-likeness (QED) is 0.635. The Morgan fingerprint density at radius 2 is 2.12 bits per heavy atom. The van der Waals surface area contributed by atoms with E-state index in [9.17, 15) is 13.6 Å². The molecule has 1 rings (SSSR count). The van der Waals surface area contributed by atoms with Crippen molar-refractivity contribution >= 4 is 21.9 Å². The van der Waals surface area contributed by atoms with Crippen molar-refractivity contribution in [2.75, 3.05) is 14.2 Å². The summed E-state index contributed by atoms with van der Waals surface area (Å²) in [6, 6.07) is 1.00. The first kappa shape index (κ1) is 12.8. The van der Waals surface area contributed by atoms with Crippen LogP contribution in [0.1, 0.15) is 22.5 Å². The smallest absolute Gasteiger partial charge is 0.344 e. The van der Waals surface area contributed by atoms with E-state index in [-0.39, 0.29) is 15.9 Å². The number of aromatic nitrogens is 1. The fourth-order valence-electron chi connectivity index (χ4n) is 1.07. The topological polar surface area (TPSA) is 48.4 Å². The lowest BCUT2D eigenvalue weighted by atomic mass is 10.2. The van der Waals surface area contributed by atoms with Crippen LogP contribution >= 0.6 is 15.9 Å². The van der Waals surface area contributed by atoms with Crippen LogP contribution in [0.2, 0.25) is 0 Å². The van der Waals surface area contributed by atoms with E-state index in [0.717, 1.165) is 6.07 Å². The van der Waals surface area contributed by atoms with Crippen molar-refractivity contribution in [3.63, 3.8) is 0 Å². The SMILES string of the molecule is COC(=O)c1c(OC)cc(C(F)F)nc1Br. The molecule has 0 atom stereocenters. The number of esters is 1. The van der Waals surface area contributed by atoms with Gasteiger partial charge in [0.05, 0.1) is 14.2 Å². The summed E-state index contributed by atoms with van der Waals surface area (Å²) >= 11 is 2.92. The summed E-state index contributed by atoms with van der Waals surface area (Å²) in [7, 11) is 2.44. The highest BCUT2D eigenvalue weighted by atomic mass is 79.9. The van der Waals surface area contributed by atoms with Gasteiger partial charge in [-0.2, -0.15) is 0 Å². The van der Waals surface area contributed by atoms with Gasteiger partial charge < -0.3 is 9.47 Å². The van der Waals surface area contributed by atoms with E-state index in [0.29, 0.717) is 0 Å². The third kappa shape index (κ3) is 2.46.